The number of carbonyl (C=O) groups excluding carboxylic acids is 2. The zero-order valence-electron chi connectivity index (χ0n) is 19.9. The molecule has 1 aliphatic heterocycles. The molecule has 2 atom stereocenters. The van der Waals surface area contributed by atoms with Crippen molar-refractivity contribution in [2.24, 2.45) is 0 Å². The van der Waals surface area contributed by atoms with Gasteiger partial charge in [-0.2, -0.15) is 0 Å². The number of para-hydroxylation sites is 1. The number of nitrogens with zero attached hydrogens (tertiary/aromatic N) is 1. The van der Waals surface area contributed by atoms with E-state index >= 15 is 0 Å². The van der Waals surface area contributed by atoms with Gasteiger partial charge in [-0.1, -0.05) is 30.3 Å². The molecule has 1 heterocycles. The normalized spacial score (nSPS) is 15.5. The molecular formula is C27H28FN3O4. The van der Waals surface area contributed by atoms with E-state index in [4.69, 9.17) is 9.47 Å². The Hall–Kier alpha value is -4.07. The number of halogens is 1. The van der Waals surface area contributed by atoms with Crippen molar-refractivity contribution in [1.82, 2.24) is 10.2 Å². The summed E-state index contributed by atoms with van der Waals surface area (Å²) in [6.45, 7) is 2.04. The third-order valence-corrected chi connectivity index (χ3v) is 6.09. The Balaban J connectivity index is 1.62. The number of methoxy groups -OCH3 is 2. The summed E-state index contributed by atoms with van der Waals surface area (Å²) in [6, 6.07) is 17.2. The summed E-state index contributed by atoms with van der Waals surface area (Å²) in [7, 11) is 3.13. The van der Waals surface area contributed by atoms with Crippen LogP contribution in [0.1, 0.15) is 29.7 Å². The second kappa shape index (κ2) is 10.5. The van der Waals surface area contributed by atoms with E-state index in [0.717, 1.165) is 16.7 Å². The molecule has 0 unspecified atom stereocenters. The molecule has 0 spiro atoms. The molecule has 3 amide bonds. The number of benzene rings is 3. The van der Waals surface area contributed by atoms with E-state index in [-0.39, 0.29) is 11.7 Å². The summed E-state index contributed by atoms with van der Waals surface area (Å²) in [4.78, 5) is 27.7. The van der Waals surface area contributed by atoms with Crippen LogP contribution < -0.4 is 20.1 Å². The Labute approximate surface area is 203 Å². The van der Waals surface area contributed by atoms with E-state index in [1.165, 1.54) is 12.1 Å². The summed E-state index contributed by atoms with van der Waals surface area (Å²) in [5, 5.41) is 5.61. The van der Waals surface area contributed by atoms with Crippen molar-refractivity contribution in [3.63, 3.8) is 0 Å². The third kappa shape index (κ3) is 5.21. The number of nitrogens with one attached hydrogen (secondary N) is 2. The van der Waals surface area contributed by atoms with Crippen molar-refractivity contribution >= 4 is 17.6 Å². The van der Waals surface area contributed by atoms with Gasteiger partial charge in [-0.3, -0.25) is 4.79 Å². The molecule has 3 aromatic rings. The quantitative estimate of drug-likeness (QED) is 0.547. The molecule has 0 bridgehead atoms. The van der Waals surface area contributed by atoms with E-state index < -0.39 is 18.1 Å². The van der Waals surface area contributed by atoms with Crippen LogP contribution in [0.2, 0.25) is 0 Å². The summed E-state index contributed by atoms with van der Waals surface area (Å²) in [6.07, 6.45) is 0.589. The molecule has 1 aliphatic rings. The number of anilines is 1. The van der Waals surface area contributed by atoms with Gasteiger partial charge in [0.2, 0.25) is 5.91 Å². The Bertz CT molecular complexity index is 1200. The van der Waals surface area contributed by atoms with Gasteiger partial charge in [0.15, 0.2) is 11.5 Å². The Morgan fingerprint density at radius 3 is 2.31 bits per heavy atom. The lowest BCUT2D eigenvalue weighted by Crippen LogP contribution is -2.51. The van der Waals surface area contributed by atoms with Gasteiger partial charge in [0.05, 0.1) is 20.3 Å². The third-order valence-electron chi connectivity index (χ3n) is 6.09. The number of ether oxygens (including phenoxy) is 2. The lowest BCUT2D eigenvalue weighted by Gasteiger charge is -2.38. The lowest BCUT2D eigenvalue weighted by atomic mass is 9.88. The largest absolute Gasteiger partial charge is 0.493 e. The van der Waals surface area contributed by atoms with Gasteiger partial charge in [-0.15, -0.1) is 0 Å². The van der Waals surface area contributed by atoms with Gasteiger partial charge in [-0.05, 0) is 66.4 Å². The zero-order chi connectivity index (χ0) is 24.9. The monoisotopic (exact) mass is 477 g/mol. The van der Waals surface area contributed by atoms with Gasteiger partial charge >= 0.3 is 6.03 Å². The Morgan fingerprint density at radius 2 is 1.66 bits per heavy atom. The minimum Gasteiger partial charge on any atom is -0.493 e. The molecule has 182 valence electrons. The lowest BCUT2D eigenvalue weighted by molar-refractivity contribution is -0.117. The predicted octanol–water partition coefficient (Wildman–Crippen LogP) is 4.53. The standard InChI is InChI=1S/C27H28FN3O4/c1-17(26(32)30-21-7-5-4-6-8-21)29-27(33)31-14-13-19-15-23(34-2)24(35-3)16-22(19)25(31)18-9-11-20(28)12-10-18/h4-12,15-17,25H,13-14H2,1-3H3,(H,29,33)(H,30,32)/t17-,25-/m0/s1. The number of urea groups is 1. The fourth-order valence-corrected chi connectivity index (χ4v) is 4.27. The Morgan fingerprint density at radius 1 is 1.00 bits per heavy atom. The van der Waals surface area contributed by atoms with Crippen LogP contribution in [-0.4, -0.2) is 43.6 Å². The first-order valence-corrected chi connectivity index (χ1v) is 11.3. The minimum absolute atomic E-state index is 0.327. The SMILES string of the molecule is COc1cc2c(cc1OC)[C@H](c1ccc(F)cc1)N(C(=O)N[C@@H](C)C(=O)Nc1ccccc1)CC2. The maximum atomic E-state index is 13.7. The molecule has 35 heavy (non-hydrogen) atoms. The summed E-state index contributed by atoms with van der Waals surface area (Å²) in [5.41, 5.74) is 3.26. The van der Waals surface area contributed by atoms with Crippen LogP contribution in [0.5, 0.6) is 11.5 Å². The molecule has 0 aliphatic carbocycles. The van der Waals surface area contributed by atoms with Crippen molar-refractivity contribution in [1.29, 1.82) is 0 Å². The highest BCUT2D eigenvalue weighted by Gasteiger charge is 2.34. The predicted molar refractivity (Wildman–Crippen MR) is 131 cm³/mol. The fourth-order valence-electron chi connectivity index (χ4n) is 4.27. The summed E-state index contributed by atoms with van der Waals surface area (Å²) < 4.78 is 24.6. The average molecular weight is 478 g/mol. The maximum absolute atomic E-state index is 13.7. The van der Waals surface area contributed by atoms with Crippen LogP contribution in [0.3, 0.4) is 0 Å². The summed E-state index contributed by atoms with van der Waals surface area (Å²) >= 11 is 0. The van der Waals surface area contributed by atoms with Crippen molar-refractivity contribution < 1.29 is 23.5 Å². The number of hydrogen-bond donors (Lipinski definition) is 2. The molecule has 0 saturated heterocycles. The molecule has 3 aromatic carbocycles. The van der Waals surface area contributed by atoms with E-state index in [9.17, 15) is 14.0 Å². The highest BCUT2D eigenvalue weighted by Crippen LogP contribution is 2.41. The van der Waals surface area contributed by atoms with Gasteiger partial charge in [0.1, 0.15) is 11.9 Å². The van der Waals surface area contributed by atoms with Crippen LogP contribution in [0.25, 0.3) is 0 Å². The molecular weight excluding hydrogens is 449 g/mol. The maximum Gasteiger partial charge on any atom is 0.318 e. The molecule has 0 saturated carbocycles. The van der Waals surface area contributed by atoms with Gasteiger partial charge in [0, 0.05) is 12.2 Å². The molecule has 0 fully saturated rings. The van der Waals surface area contributed by atoms with Gasteiger partial charge in [-0.25, -0.2) is 9.18 Å². The first-order chi connectivity index (χ1) is 16.9. The molecule has 4 rings (SSSR count). The Kier molecular flexibility index (Phi) is 7.19. The van der Waals surface area contributed by atoms with Crippen molar-refractivity contribution in [2.45, 2.75) is 25.4 Å². The number of amides is 3. The van der Waals surface area contributed by atoms with Crippen LogP contribution in [0.15, 0.2) is 66.7 Å². The van der Waals surface area contributed by atoms with Crippen molar-refractivity contribution in [2.75, 3.05) is 26.1 Å². The first-order valence-electron chi connectivity index (χ1n) is 11.3. The zero-order valence-corrected chi connectivity index (χ0v) is 19.9. The van der Waals surface area contributed by atoms with Crippen LogP contribution in [0, 0.1) is 5.82 Å². The van der Waals surface area contributed by atoms with Gasteiger partial charge < -0.3 is 25.0 Å². The topological polar surface area (TPSA) is 79.9 Å². The first kappa shape index (κ1) is 24.1. The van der Waals surface area contributed by atoms with E-state index in [1.54, 1.807) is 50.3 Å². The molecule has 8 heteroatoms. The minimum atomic E-state index is -0.775. The number of fused-ring (bicyclic) bond motifs is 1. The second-order valence-corrected chi connectivity index (χ2v) is 8.33. The molecule has 0 aromatic heterocycles. The number of rotatable bonds is 6. The molecule has 0 radical (unpaired) electrons. The van der Waals surface area contributed by atoms with E-state index in [2.05, 4.69) is 10.6 Å². The smallest absolute Gasteiger partial charge is 0.318 e. The van der Waals surface area contributed by atoms with Crippen LogP contribution >= 0.6 is 0 Å². The average Bonchev–Trinajstić information content (AvgIpc) is 2.88. The molecule has 2 N–H and O–H groups in total. The van der Waals surface area contributed by atoms with Crippen LogP contribution in [-0.2, 0) is 11.2 Å². The summed E-state index contributed by atoms with van der Waals surface area (Å²) in [5.74, 6) is 0.454. The van der Waals surface area contributed by atoms with E-state index in [1.807, 2.05) is 30.3 Å². The van der Waals surface area contributed by atoms with E-state index in [0.29, 0.717) is 30.2 Å². The fraction of sp³-hybridized carbons (Fsp3) is 0.259. The van der Waals surface area contributed by atoms with Crippen molar-refractivity contribution in [3.05, 3.63) is 89.2 Å². The van der Waals surface area contributed by atoms with Gasteiger partial charge in [0.25, 0.3) is 0 Å². The van der Waals surface area contributed by atoms with Crippen molar-refractivity contribution in [3.8, 4) is 11.5 Å². The number of hydrogen-bond acceptors (Lipinski definition) is 4. The molecule has 7 nitrogen and oxygen atoms in total. The van der Waals surface area contributed by atoms with Crippen LogP contribution in [0.4, 0.5) is 14.9 Å². The second-order valence-electron chi connectivity index (χ2n) is 8.33. The highest BCUT2D eigenvalue weighted by molar-refractivity contribution is 5.96. The highest BCUT2D eigenvalue weighted by atomic mass is 19.1. The number of carbonyl (C=O) groups is 2.